The molecular formula is C14H22N2OS. The second kappa shape index (κ2) is 7.44. The quantitative estimate of drug-likeness (QED) is 0.778. The Bertz CT molecular complexity index is 374. The molecule has 0 saturated heterocycles. The van der Waals surface area contributed by atoms with Crippen LogP contribution in [-0.4, -0.2) is 18.7 Å². The van der Waals surface area contributed by atoms with Gasteiger partial charge in [0.2, 0.25) is 5.91 Å². The van der Waals surface area contributed by atoms with Crippen molar-refractivity contribution in [3.05, 3.63) is 29.8 Å². The van der Waals surface area contributed by atoms with Crippen LogP contribution in [0.4, 0.5) is 0 Å². The summed E-state index contributed by atoms with van der Waals surface area (Å²) >= 11 is 1.71. The van der Waals surface area contributed by atoms with Crippen molar-refractivity contribution in [3.63, 3.8) is 0 Å². The van der Waals surface area contributed by atoms with Crippen molar-refractivity contribution in [1.29, 1.82) is 0 Å². The van der Waals surface area contributed by atoms with Gasteiger partial charge in [0.25, 0.3) is 0 Å². The van der Waals surface area contributed by atoms with E-state index in [2.05, 4.69) is 29.6 Å². The van der Waals surface area contributed by atoms with Gasteiger partial charge in [0, 0.05) is 17.4 Å². The summed E-state index contributed by atoms with van der Waals surface area (Å²) in [7, 11) is 0. The van der Waals surface area contributed by atoms with Gasteiger partial charge in [-0.05, 0) is 37.3 Å². The largest absolute Gasteiger partial charge is 0.349 e. The maximum atomic E-state index is 11.9. The highest BCUT2D eigenvalue weighted by Crippen LogP contribution is 2.19. The Morgan fingerprint density at radius 2 is 2.00 bits per heavy atom. The lowest BCUT2D eigenvalue weighted by atomic mass is 10.0. The number of thioether (sulfide) groups is 1. The van der Waals surface area contributed by atoms with Crippen LogP contribution in [0.2, 0.25) is 0 Å². The normalized spacial score (nSPS) is 14.0. The van der Waals surface area contributed by atoms with E-state index in [4.69, 9.17) is 5.73 Å². The molecule has 3 nitrogen and oxygen atoms in total. The molecule has 2 unspecified atom stereocenters. The van der Waals surface area contributed by atoms with Gasteiger partial charge in [0.05, 0.1) is 6.04 Å². The van der Waals surface area contributed by atoms with Crippen LogP contribution in [0.3, 0.4) is 0 Å². The minimum atomic E-state index is -0.0853. The summed E-state index contributed by atoms with van der Waals surface area (Å²) in [5.74, 6) is -0.0423. The number of nitrogens with two attached hydrogens (primary N) is 1. The molecular weight excluding hydrogens is 244 g/mol. The molecule has 0 heterocycles. The fourth-order valence-corrected chi connectivity index (χ4v) is 2.17. The summed E-state index contributed by atoms with van der Waals surface area (Å²) in [4.78, 5) is 13.1. The zero-order valence-corrected chi connectivity index (χ0v) is 12.1. The summed E-state index contributed by atoms with van der Waals surface area (Å²) in [5.41, 5.74) is 6.69. The van der Waals surface area contributed by atoms with E-state index < -0.39 is 0 Å². The van der Waals surface area contributed by atoms with Crippen LogP contribution >= 0.6 is 11.8 Å². The van der Waals surface area contributed by atoms with Gasteiger partial charge in [0.15, 0.2) is 0 Å². The average molecular weight is 266 g/mol. The molecule has 0 aliphatic heterocycles. The molecule has 0 saturated carbocycles. The minimum absolute atomic E-state index is 0.0222. The Balaban J connectivity index is 2.63. The molecule has 0 aliphatic carbocycles. The second-order valence-electron chi connectivity index (χ2n) is 4.34. The number of amides is 1. The minimum Gasteiger partial charge on any atom is -0.349 e. The van der Waals surface area contributed by atoms with Crippen molar-refractivity contribution in [2.45, 2.75) is 31.2 Å². The summed E-state index contributed by atoms with van der Waals surface area (Å²) in [6, 6.07) is 8.28. The Hall–Kier alpha value is -1.00. The van der Waals surface area contributed by atoms with Crippen molar-refractivity contribution in [3.8, 4) is 0 Å². The van der Waals surface area contributed by atoms with E-state index in [1.807, 2.05) is 20.1 Å². The summed E-state index contributed by atoms with van der Waals surface area (Å²) in [5, 5.41) is 3.01. The first-order valence-corrected chi connectivity index (χ1v) is 7.49. The number of rotatable bonds is 6. The predicted octanol–water partition coefficient (Wildman–Crippen LogP) is 2.57. The third kappa shape index (κ3) is 4.03. The van der Waals surface area contributed by atoms with E-state index in [1.54, 1.807) is 11.8 Å². The first-order valence-electron chi connectivity index (χ1n) is 6.26. The molecule has 4 heteroatoms. The number of carbonyl (C=O) groups is 1. The lowest BCUT2D eigenvalue weighted by molar-refractivity contribution is -0.125. The molecule has 1 rings (SSSR count). The molecule has 0 spiro atoms. The molecule has 2 atom stereocenters. The molecule has 3 N–H and O–H groups in total. The fraction of sp³-hybridized carbons (Fsp3) is 0.500. The van der Waals surface area contributed by atoms with Crippen molar-refractivity contribution >= 4 is 17.7 Å². The molecule has 1 aromatic rings. The molecule has 0 aliphatic rings. The van der Waals surface area contributed by atoms with E-state index in [9.17, 15) is 4.79 Å². The summed E-state index contributed by atoms with van der Waals surface area (Å²) < 4.78 is 0. The Morgan fingerprint density at radius 1 is 1.39 bits per heavy atom. The van der Waals surface area contributed by atoms with E-state index in [0.717, 1.165) is 12.0 Å². The Morgan fingerprint density at radius 3 is 2.44 bits per heavy atom. The van der Waals surface area contributed by atoms with Gasteiger partial charge in [-0.25, -0.2) is 0 Å². The van der Waals surface area contributed by atoms with Gasteiger partial charge in [-0.3, -0.25) is 4.79 Å². The Labute approximate surface area is 114 Å². The number of hydrogen-bond donors (Lipinski definition) is 2. The van der Waals surface area contributed by atoms with Gasteiger partial charge in [-0.2, -0.15) is 0 Å². The molecule has 0 fully saturated rings. The number of benzene rings is 1. The van der Waals surface area contributed by atoms with Crippen LogP contribution in [-0.2, 0) is 4.79 Å². The molecule has 1 amide bonds. The van der Waals surface area contributed by atoms with Crippen molar-refractivity contribution in [2.24, 2.45) is 11.7 Å². The standard InChI is InChI=1S/C14H22N2OS/c1-4-11(9-15)14(17)16-10(2)12-5-7-13(18-3)8-6-12/h5-8,10-11H,4,9,15H2,1-3H3,(H,16,17). The molecule has 0 radical (unpaired) electrons. The van der Waals surface area contributed by atoms with Crippen molar-refractivity contribution in [1.82, 2.24) is 5.32 Å². The molecule has 18 heavy (non-hydrogen) atoms. The molecule has 1 aromatic carbocycles. The molecule has 100 valence electrons. The topological polar surface area (TPSA) is 55.1 Å². The van der Waals surface area contributed by atoms with Crippen LogP contribution in [0.25, 0.3) is 0 Å². The average Bonchev–Trinajstić information content (AvgIpc) is 2.40. The van der Waals surface area contributed by atoms with Crippen LogP contribution in [0.1, 0.15) is 31.9 Å². The highest BCUT2D eigenvalue weighted by molar-refractivity contribution is 7.98. The van der Waals surface area contributed by atoms with Gasteiger partial charge >= 0.3 is 0 Å². The monoisotopic (exact) mass is 266 g/mol. The van der Waals surface area contributed by atoms with E-state index in [1.165, 1.54) is 4.90 Å². The highest BCUT2D eigenvalue weighted by Gasteiger charge is 2.17. The number of carbonyl (C=O) groups excluding carboxylic acids is 1. The maximum absolute atomic E-state index is 11.9. The zero-order valence-electron chi connectivity index (χ0n) is 11.3. The zero-order chi connectivity index (χ0) is 13.5. The molecule has 0 bridgehead atoms. The van der Waals surface area contributed by atoms with Crippen LogP contribution < -0.4 is 11.1 Å². The second-order valence-corrected chi connectivity index (χ2v) is 5.22. The fourth-order valence-electron chi connectivity index (χ4n) is 1.77. The summed E-state index contributed by atoms with van der Waals surface area (Å²) in [6.07, 6.45) is 2.83. The lowest BCUT2D eigenvalue weighted by Crippen LogP contribution is -2.36. The van der Waals surface area contributed by atoms with Gasteiger partial charge < -0.3 is 11.1 Å². The molecule has 0 aromatic heterocycles. The van der Waals surface area contributed by atoms with Crippen LogP contribution in [0.15, 0.2) is 29.2 Å². The Kier molecular flexibility index (Phi) is 6.22. The van der Waals surface area contributed by atoms with E-state index in [0.29, 0.717) is 6.54 Å². The van der Waals surface area contributed by atoms with Gasteiger partial charge in [-0.15, -0.1) is 11.8 Å². The number of hydrogen-bond acceptors (Lipinski definition) is 3. The van der Waals surface area contributed by atoms with Crippen LogP contribution in [0, 0.1) is 5.92 Å². The van der Waals surface area contributed by atoms with Crippen LogP contribution in [0.5, 0.6) is 0 Å². The van der Waals surface area contributed by atoms with E-state index >= 15 is 0 Å². The SMILES string of the molecule is CCC(CN)C(=O)NC(C)c1ccc(SC)cc1. The highest BCUT2D eigenvalue weighted by atomic mass is 32.2. The van der Waals surface area contributed by atoms with Gasteiger partial charge in [0.1, 0.15) is 0 Å². The van der Waals surface area contributed by atoms with Gasteiger partial charge in [-0.1, -0.05) is 19.1 Å². The van der Waals surface area contributed by atoms with Crippen molar-refractivity contribution < 1.29 is 4.79 Å². The number of nitrogens with one attached hydrogen (secondary N) is 1. The first kappa shape index (κ1) is 15.1. The van der Waals surface area contributed by atoms with Crippen molar-refractivity contribution in [2.75, 3.05) is 12.8 Å². The third-order valence-electron chi connectivity index (χ3n) is 3.12. The van der Waals surface area contributed by atoms with E-state index in [-0.39, 0.29) is 17.9 Å². The lowest BCUT2D eigenvalue weighted by Gasteiger charge is -2.18. The predicted molar refractivity (Wildman–Crippen MR) is 77.6 cm³/mol. The smallest absolute Gasteiger partial charge is 0.224 e. The first-order chi connectivity index (χ1) is 8.62. The summed E-state index contributed by atoms with van der Waals surface area (Å²) in [6.45, 7) is 4.38. The maximum Gasteiger partial charge on any atom is 0.224 e. The third-order valence-corrected chi connectivity index (χ3v) is 3.87.